The molecule has 0 atom stereocenters. The quantitative estimate of drug-likeness (QED) is 0.605. The third-order valence-electron chi connectivity index (χ3n) is 2.97. The van der Waals surface area contributed by atoms with E-state index in [-0.39, 0.29) is 11.8 Å². The first-order chi connectivity index (χ1) is 8.97. The highest BCUT2D eigenvalue weighted by molar-refractivity contribution is 5.77. The molecule has 0 saturated heterocycles. The maximum absolute atomic E-state index is 11.6. The monoisotopic (exact) mass is 271 g/mol. The van der Waals surface area contributed by atoms with Gasteiger partial charge in [-0.3, -0.25) is 9.59 Å². The van der Waals surface area contributed by atoms with Crippen LogP contribution in [0, 0.1) is 0 Å². The van der Waals surface area contributed by atoms with E-state index in [0.29, 0.717) is 19.5 Å². The summed E-state index contributed by atoms with van der Waals surface area (Å²) in [4.78, 5) is 26.8. The van der Waals surface area contributed by atoms with Crippen LogP contribution in [0.4, 0.5) is 0 Å². The largest absolute Gasteiger partial charge is 0.355 e. The SMILES string of the molecule is CCCCCN(CCC(=O)NCCN(C)C)C(C)=O. The lowest BCUT2D eigenvalue weighted by atomic mass is 10.2. The first kappa shape index (κ1) is 17.9. The minimum Gasteiger partial charge on any atom is -0.355 e. The summed E-state index contributed by atoms with van der Waals surface area (Å²) in [5, 5.41) is 2.86. The van der Waals surface area contributed by atoms with Crippen molar-refractivity contribution < 1.29 is 9.59 Å². The number of hydrogen-bond donors (Lipinski definition) is 1. The molecule has 0 aliphatic rings. The molecule has 0 aromatic rings. The maximum atomic E-state index is 11.6. The van der Waals surface area contributed by atoms with Crippen molar-refractivity contribution in [1.82, 2.24) is 15.1 Å². The number of carbonyl (C=O) groups is 2. The standard InChI is InChI=1S/C14H29N3O2/c1-5-6-7-10-17(13(2)18)11-8-14(19)15-9-12-16(3)4/h5-12H2,1-4H3,(H,15,19). The van der Waals surface area contributed by atoms with Crippen molar-refractivity contribution in [3.8, 4) is 0 Å². The van der Waals surface area contributed by atoms with Gasteiger partial charge >= 0.3 is 0 Å². The molecule has 0 aliphatic carbocycles. The second kappa shape index (κ2) is 10.8. The number of likely N-dealkylation sites (N-methyl/N-ethyl adjacent to an activating group) is 1. The molecule has 5 nitrogen and oxygen atoms in total. The summed E-state index contributed by atoms with van der Waals surface area (Å²) in [6.45, 7) is 6.47. The molecule has 19 heavy (non-hydrogen) atoms. The van der Waals surface area contributed by atoms with E-state index in [1.54, 1.807) is 11.8 Å². The second-order valence-corrected chi connectivity index (χ2v) is 5.12. The molecule has 0 saturated carbocycles. The first-order valence-corrected chi connectivity index (χ1v) is 7.14. The first-order valence-electron chi connectivity index (χ1n) is 7.14. The van der Waals surface area contributed by atoms with Crippen LogP contribution in [-0.2, 0) is 9.59 Å². The molecular weight excluding hydrogens is 242 g/mol. The predicted molar refractivity (Wildman–Crippen MR) is 78.0 cm³/mol. The average Bonchev–Trinajstić information content (AvgIpc) is 2.32. The van der Waals surface area contributed by atoms with E-state index in [0.717, 1.165) is 32.4 Å². The Morgan fingerprint density at radius 1 is 1.05 bits per heavy atom. The molecular formula is C14H29N3O2. The Balaban J connectivity index is 3.83. The lowest BCUT2D eigenvalue weighted by molar-refractivity contribution is -0.129. The summed E-state index contributed by atoms with van der Waals surface area (Å²) in [6, 6.07) is 0. The summed E-state index contributed by atoms with van der Waals surface area (Å²) in [6.07, 6.45) is 3.66. The van der Waals surface area contributed by atoms with Crippen molar-refractivity contribution in [2.45, 2.75) is 39.5 Å². The highest BCUT2D eigenvalue weighted by atomic mass is 16.2. The van der Waals surface area contributed by atoms with Crippen LogP contribution in [0.2, 0.25) is 0 Å². The van der Waals surface area contributed by atoms with Crippen LogP contribution < -0.4 is 5.32 Å². The van der Waals surface area contributed by atoms with E-state index >= 15 is 0 Å². The van der Waals surface area contributed by atoms with Crippen molar-refractivity contribution in [2.24, 2.45) is 0 Å². The van der Waals surface area contributed by atoms with E-state index in [2.05, 4.69) is 12.2 Å². The van der Waals surface area contributed by atoms with Gasteiger partial charge in [-0.25, -0.2) is 0 Å². The molecule has 0 radical (unpaired) electrons. The zero-order chi connectivity index (χ0) is 14.7. The highest BCUT2D eigenvalue weighted by Crippen LogP contribution is 2.00. The number of nitrogens with one attached hydrogen (secondary N) is 1. The molecule has 0 aromatic carbocycles. The van der Waals surface area contributed by atoms with Crippen LogP contribution in [0.5, 0.6) is 0 Å². The number of carbonyl (C=O) groups excluding carboxylic acids is 2. The van der Waals surface area contributed by atoms with Gasteiger partial charge in [0.05, 0.1) is 0 Å². The third kappa shape index (κ3) is 10.5. The Labute approximate surface area is 117 Å². The molecule has 0 heterocycles. The topological polar surface area (TPSA) is 52.7 Å². The Kier molecular flexibility index (Phi) is 10.2. The van der Waals surface area contributed by atoms with E-state index in [1.807, 2.05) is 19.0 Å². The van der Waals surface area contributed by atoms with Gasteiger partial charge in [-0.1, -0.05) is 19.8 Å². The van der Waals surface area contributed by atoms with Crippen LogP contribution in [0.1, 0.15) is 39.5 Å². The van der Waals surface area contributed by atoms with Crippen LogP contribution in [0.15, 0.2) is 0 Å². The Morgan fingerprint density at radius 3 is 2.26 bits per heavy atom. The van der Waals surface area contributed by atoms with Crippen LogP contribution >= 0.6 is 0 Å². The van der Waals surface area contributed by atoms with Crippen molar-refractivity contribution in [1.29, 1.82) is 0 Å². The van der Waals surface area contributed by atoms with E-state index in [1.165, 1.54) is 0 Å². The molecule has 2 amide bonds. The van der Waals surface area contributed by atoms with Crippen LogP contribution in [0.25, 0.3) is 0 Å². The van der Waals surface area contributed by atoms with Crippen molar-refractivity contribution >= 4 is 11.8 Å². The van der Waals surface area contributed by atoms with Crippen molar-refractivity contribution in [2.75, 3.05) is 40.3 Å². The van der Waals surface area contributed by atoms with Gasteiger partial charge in [0, 0.05) is 39.5 Å². The Hall–Kier alpha value is -1.10. The Bertz CT molecular complexity index is 267. The van der Waals surface area contributed by atoms with Gasteiger partial charge in [0.25, 0.3) is 0 Å². The highest BCUT2D eigenvalue weighted by Gasteiger charge is 2.10. The van der Waals surface area contributed by atoms with Gasteiger partial charge in [0.1, 0.15) is 0 Å². The van der Waals surface area contributed by atoms with Gasteiger partial charge < -0.3 is 15.1 Å². The van der Waals surface area contributed by atoms with Gasteiger partial charge in [-0.15, -0.1) is 0 Å². The lowest BCUT2D eigenvalue weighted by Crippen LogP contribution is -2.36. The molecule has 112 valence electrons. The predicted octanol–water partition coefficient (Wildman–Crippen LogP) is 1.09. The zero-order valence-electron chi connectivity index (χ0n) is 12.9. The molecule has 5 heteroatoms. The van der Waals surface area contributed by atoms with Gasteiger partial charge in [0.2, 0.25) is 11.8 Å². The molecule has 0 spiro atoms. The molecule has 0 aliphatic heterocycles. The summed E-state index contributed by atoms with van der Waals surface area (Å²) >= 11 is 0. The number of unbranched alkanes of at least 4 members (excludes halogenated alkanes) is 2. The zero-order valence-corrected chi connectivity index (χ0v) is 12.9. The minimum atomic E-state index is 0.0172. The van der Waals surface area contributed by atoms with Gasteiger partial charge in [-0.2, -0.15) is 0 Å². The van der Waals surface area contributed by atoms with Crippen LogP contribution in [0.3, 0.4) is 0 Å². The molecule has 0 bridgehead atoms. The number of hydrogen-bond acceptors (Lipinski definition) is 3. The fraction of sp³-hybridized carbons (Fsp3) is 0.857. The average molecular weight is 271 g/mol. The maximum Gasteiger partial charge on any atom is 0.221 e. The Morgan fingerprint density at radius 2 is 1.74 bits per heavy atom. The lowest BCUT2D eigenvalue weighted by Gasteiger charge is -2.20. The summed E-state index contributed by atoms with van der Waals surface area (Å²) in [5.41, 5.74) is 0. The smallest absolute Gasteiger partial charge is 0.221 e. The number of nitrogens with zero attached hydrogens (tertiary/aromatic N) is 2. The third-order valence-corrected chi connectivity index (χ3v) is 2.97. The van der Waals surface area contributed by atoms with Gasteiger partial charge in [0.15, 0.2) is 0 Å². The molecule has 0 unspecified atom stereocenters. The number of rotatable bonds is 10. The van der Waals surface area contributed by atoms with E-state index in [4.69, 9.17) is 0 Å². The van der Waals surface area contributed by atoms with Crippen molar-refractivity contribution in [3.05, 3.63) is 0 Å². The summed E-state index contributed by atoms with van der Waals surface area (Å²) in [5.74, 6) is 0.0702. The van der Waals surface area contributed by atoms with Gasteiger partial charge in [-0.05, 0) is 20.5 Å². The second-order valence-electron chi connectivity index (χ2n) is 5.12. The van der Waals surface area contributed by atoms with E-state index in [9.17, 15) is 9.59 Å². The van der Waals surface area contributed by atoms with E-state index < -0.39 is 0 Å². The molecule has 0 fully saturated rings. The molecule has 0 aromatic heterocycles. The summed E-state index contributed by atoms with van der Waals surface area (Å²) in [7, 11) is 3.94. The molecule has 1 N–H and O–H groups in total. The normalized spacial score (nSPS) is 10.6. The minimum absolute atomic E-state index is 0.0172. The number of amides is 2. The van der Waals surface area contributed by atoms with Crippen molar-refractivity contribution in [3.63, 3.8) is 0 Å². The summed E-state index contributed by atoms with van der Waals surface area (Å²) < 4.78 is 0. The molecule has 0 rings (SSSR count). The fourth-order valence-corrected chi connectivity index (χ4v) is 1.72. The fourth-order valence-electron chi connectivity index (χ4n) is 1.72. The van der Waals surface area contributed by atoms with Crippen LogP contribution in [-0.4, -0.2) is 61.9 Å².